The van der Waals surface area contributed by atoms with Crippen LogP contribution in [0, 0.1) is 0 Å². The minimum atomic E-state index is -0.538. The van der Waals surface area contributed by atoms with Crippen molar-refractivity contribution < 1.29 is 9.53 Å². The lowest BCUT2D eigenvalue weighted by Gasteiger charge is -2.06. The predicted molar refractivity (Wildman–Crippen MR) is 56.9 cm³/mol. The van der Waals surface area contributed by atoms with Crippen LogP contribution in [0.25, 0.3) is 10.9 Å². The van der Waals surface area contributed by atoms with Crippen LogP contribution < -0.4 is 5.73 Å². The smallest absolute Gasteiger partial charge is 0.342 e. The van der Waals surface area contributed by atoms with E-state index in [1.165, 1.54) is 7.11 Å². The molecule has 0 spiro atoms. The second-order valence-corrected chi connectivity index (χ2v) is 3.38. The summed E-state index contributed by atoms with van der Waals surface area (Å²) in [6, 6.07) is 1.64. The van der Waals surface area contributed by atoms with Crippen molar-refractivity contribution in [3.8, 4) is 0 Å². The molecule has 6 heteroatoms. The van der Waals surface area contributed by atoms with Gasteiger partial charge < -0.3 is 10.5 Å². The second kappa shape index (κ2) is 3.43. The highest BCUT2D eigenvalue weighted by Crippen LogP contribution is 2.30. The van der Waals surface area contributed by atoms with Gasteiger partial charge in [-0.2, -0.15) is 5.10 Å². The molecule has 0 unspecified atom stereocenters. The van der Waals surface area contributed by atoms with Crippen molar-refractivity contribution in [1.82, 2.24) is 10.2 Å². The lowest BCUT2D eigenvalue weighted by molar-refractivity contribution is 0.0604. The maximum atomic E-state index is 11.5. The van der Waals surface area contributed by atoms with Crippen molar-refractivity contribution in [3.63, 3.8) is 0 Å². The van der Waals surface area contributed by atoms with E-state index in [1.54, 1.807) is 12.3 Å². The zero-order valence-electron chi connectivity index (χ0n) is 7.87. The van der Waals surface area contributed by atoms with Gasteiger partial charge in [-0.25, -0.2) is 4.79 Å². The summed E-state index contributed by atoms with van der Waals surface area (Å²) in [7, 11) is 1.28. The fraction of sp³-hybridized carbons (Fsp3) is 0.111. The number of halogens is 1. The molecule has 78 valence electrons. The molecule has 0 radical (unpaired) electrons. The molecule has 1 aromatic heterocycles. The molecule has 0 aliphatic heterocycles. The van der Waals surface area contributed by atoms with Gasteiger partial charge in [0.1, 0.15) is 5.56 Å². The Hall–Kier alpha value is -1.75. The number of benzene rings is 1. The molecule has 0 saturated carbocycles. The van der Waals surface area contributed by atoms with E-state index >= 15 is 0 Å². The number of nitrogens with one attached hydrogen (secondary N) is 1. The van der Waals surface area contributed by atoms with Crippen molar-refractivity contribution in [2.75, 3.05) is 12.8 Å². The Labute approximate surface area is 90.2 Å². The summed E-state index contributed by atoms with van der Waals surface area (Å²) in [4.78, 5) is 11.5. The molecule has 5 nitrogen and oxygen atoms in total. The van der Waals surface area contributed by atoms with E-state index in [2.05, 4.69) is 14.9 Å². The number of rotatable bonds is 1. The van der Waals surface area contributed by atoms with Gasteiger partial charge in [-0.05, 0) is 6.07 Å². The Morgan fingerprint density at radius 1 is 1.67 bits per heavy atom. The number of fused-ring (bicyclic) bond motifs is 1. The van der Waals surface area contributed by atoms with E-state index in [0.717, 1.165) is 5.39 Å². The summed E-state index contributed by atoms with van der Waals surface area (Å²) in [5.41, 5.74) is 6.65. The molecule has 2 aromatic rings. The summed E-state index contributed by atoms with van der Waals surface area (Å²) in [5, 5.41) is 7.52. The van der Waals surface area contributed by atoms with Crippen LogP contribution in [0.3, 0.4) is 0 Å². The molecular weight excluding hydrogens is 218 g/mol. The quantitative estimate of drug-likeness (QED) is 0.570. The van der Waals surface area contributed by atoms with Gasteiger partial charge in [-0.3, -0.25) is 5.10 Å². The third-order valence-electron chi connectivity index (χ3n) is 2.12. The van der Waals surface area contributed by atoms with Crippen molar-refractivity contribution in [3.05, 3.63) is 22.8 Å². The Bertz CT molecular complexity index is 535. The van der Waals surface area contributed by atoms with E-state index in [1.807, 2.05) is 0 Å². The first-order valence-electron chi connectivity index (χ1n) is 4.14. The molecule has 0 aliphatic carbocycles. The SMILES string of the molecule is COC(=O)c1c(N)c(Cl)cc2cn[nH]c12. The van der Waals surface area contributed by atoms with Crippen LogP contribution in [0.1, 0.15) is 10.4 Å². The van der Waals surface area contributed by atoms with E-state index in [0.29, 0.717) is 10.5 Å². The molecule has 3 N–H and O–H groups in total. The van der Waals surface area contributed by atoms with Crippen LogP contribution >= 0.6 is 11.6 Å². The molecule has 15 heavy (non-hydrogen) atoms. The number of esters is 1. The standard InChI is InChI=1S/C9H8ClN3O2/c1-15-9(14)6-7(11)5(10)2-4-3-12-13-8(4)6/h2-3H,11H2,1H3,(H,12,13). The highest BCUT2D eigenvalue weighted by Gasteiger charge is 2.18. The van der Waals surface area contributed by atoms with Crippen molar-refractivity contribution in [1.29, 1.82) is 0 Å². The van der Waals surface area contributed by atoms with Gasteiger partial charge in [-0.1, -0.05) is 11.6 Å². The molecule has 2 rings (SSSR count). The van der Waals surface area contributed by atoms with Gasteiger partial charge in [0.25, 0.3) is 0 Å². The van der Waals surface area contributed by atoms with Crippen molar-refractivity contribution in [2.24, 2.45) is 0 Å². The number of anilines is 1. The van der Waals surface area contributed by atoms with Crippen LogP contribution in [0.15, 0.2) is 12.3 Å². The summed E-state index contributed by atoms with van der Waals surface area (Å²) in [5.74, 6) is -0.538. The number of carbonyl (C=O) groups is 1. The number of ether oxygens (including phenoxy) is 1. The molecule has 0 atom stereocenters. The zero-order valence-corrected chi connectivity index (χ0v) is 8.63. The fourth-order valence-electron chi connectivity index (χ4n) is 1.39. The molecule has 0 bridgehead atoms. The van der Waals surface area contributed by atoms with Crippen LogP contribution in [0.5, 0.6) is 0 Å². The van der Waals surface area contributed by atoms with Crippen molar-refractivity contribution >= 4 is 34.2 Å². The highest BCUT2D eigenvalue weighted by atomic mass is 35.5. The van der Waals surface area contributed by atoms with Gasteiger partial charge >= 0.3 is 5.97 Å². The molecular formula is C9H8ClN3O2. The maximum Gasteiger partial charge on any atom is 0.342 e. The molecule has 0 fully saturated rings. The summed E-state index contributed by atoms with van der Waals surface area (Å²) in [6.07, 6.45) is 1.56. The number of hydrogen-bond acceptors (Lipinski definition) is 4. The molecule has 0 amide bonds. The minimum Gasteiger partial charge on any atom is -0.465 e. The lowest BCUT2D eigenvalue weighted by atomic mass is 10.1. The topological polar surface area (TPSA) is 81.0 Å². The molecule has 0 aliphatic rings. The number of aromatic amines is 1. The first kappa shape index (κ1) is 9.79. The summed E-state index contributed by atoms with van der Waals surface area (Å²) < 4.78 is 4.62. The van der Waals surface area contributed by atoms with E-state index in [9.17, 15) is 4.79 Å². The summed E-state index contributed by atoms with van der Waals surface area (Å²) >= 11 is 5.88. The number of aromatic nitrogens is 2. The Balaban J connectivity index is 2.83. The first-order valence-corrected chi connectivity index (χ1v) is 4.52. The second-order valence-electron chi connectivity index (χ2n) is 2.97. The summed E-state index contributed by atoms with van der Waals surface area (Å²) in [6.45, 7) is 0. The van der Waals surface area contributed by atoms with Gasteiger partial charge in [0.15, 0.2) is 0 Å². The minimum absolute atomic E-state index is 0.195. The van der Waals surface area contributed by atoms with Crippen LogP contribution in [-0.2, 0) is 4.74 Å². The van der Waals surface area contributed by atoms with E-state index < -0.39 is 5.97 Å². The third-order valence-corrected chi connectivity index (χ3v) is 2.43. The number of carbonyl (C=O) groups excluding carboxylic acids is 1. The number of methoxy groups -OCH3 is 1. The number of nitrogen functional groups attached to an aromatic ring is 1. The normalized spacial score (nSPS) is 10.5. The van der Waals surface area contributed by atoms with Gasteiger partial charge in [0.2, 0.25) is 0 Å². The third kappa shape index (κ3) is 1.41. The number of hydrogen-bond donors (Lipinski definition) is 2. The first-order chi connectivity index (χ1) is 7.15. The average Bonchev–Trinajstić information content (AvgIpc) is 2.66. The van der Waals surface area contributed by atoms with Gasteiger partial charge in [0, 0.05) is 5.39 Å². The Morgan fingerprint density at radius 3 is 3.07 bits per heavy atom. The predicted octanol–water partition coefficient (Wildman–Crippen LogP) is 1.59. The number of nitrogens with zero attached hydrogens (tertiary/aromatic N) is 1. The van der Waals surface area contributed by atoms with Crippen LogP contribution in [0.4, 0.5) is 5.69 Å². The fourth-order valence-corrected chi connectivity index (χ4v) is 1.60. The largest absolute Gasteiger partial charge is 0.465 e. The molecule has 0 saturated heterocycles. The van der Waals surface area contributed by atoms with Gasteiger partial charge in [-0.15, -0.1) is 0 Å². The molecule has 1 heterocycles. The van der Waals surface area contributed by atoms with Gasteiger partial charge in [0.05, 0.1) is 29.5 Å². The number of nitrogens with two attached hydrogens (primary N) is 1. The maximum absolute atomic E-state index is 11.5. The lowest BCUT2D eigenvalue weighted by Crippen LogP contribution is -2.07. The van der Waals surface area contributed by atoms with Crippen molar-refractivity contribution in [2.45, 2.75) is 0 Å². The highest BCUT2D eigenvalue weighted by molar-refractivity contribution is 6.35. The van der Waals surface area contributed by atoms with E-state index in [4.69, 9.17) is 17.3 Å². The average molecular weight is 226 g/mol. The molecule has 1 aromatic carbocycles. The Morgan fingerprint density at radius 2 is 2.40 bits per heavy atom. The Kier molecular flexibility index (Phi) is 2.24. The van der Waals surface area contributed by atoms with Crippen LogP contribution in [-0.4, -0.2) is 23.3 Å². The van der Waals surface area contributed by atoms with Crippen LogP contribution in [0.2, 0.25) is 5.02 Å². The monoisotopic (exact) mass is 225 g/mol. The number of H-pyrrole nitrogens is 1. The zero-order chi connectivity index (χ0) is 11.0. The van der Waals surface area contributed by atoms with E-state index in [-0.39, 0.29) is 11.3 Å².